The van der Waals surface area contributed by atoms with Crippen LogP contribution in [-0.4, -0.2) is 10.1 Å². The van der Waals surface area contributed by atoms with Gasteiger partial charge in [-0.15, -0.1) is 22.7 Å². The van der Waals surface area contributed by atoms with Crippen LogP contribution in [0.1, 0.15) is 15.3 Å². The summed E-state index contributed by atoms with van der Waals surface area (Å²) in [5.74, 6) is -0.308. The number of rotatable bonds is 2. The van der Waals surface area contributed by atoms with E-state index in [4.69, 9.17) is 0 Å². The summed E-state index contributed by atoms with van der Waals surface area (Å²) in [7, 11) is 0. The van der Waals surface area contributed by atoms with Crippen molar-refractivity contribution >= 4 is 22.7 Å². The summed E-state index contributed by atoms with van der Waals surface area (Å²) >= 11 is 0.880. The highest BCUT2D eigenvalue weighted by molar-refractivity contribution is 7.16. The lowest BCUT2D eigenvalue weighted by Gasteiger charge is -2.08. The van der Waals surface area contributed by atoms with E-state index in [-0.39, 0.29) is 26.9 Å². The third-order valence-corrected chi connectivity index (χ3v) is 5.73. The number of aryl methyl sites for hydroxylation is 1. The van der Waals surface area contributed by atoms with Crippen LogP contribution in [0.5, 0.6) is 5.75 Å². The van der Waals surface area contributed by atoms with E-state index in [9.17, 15) is 31.4 Å². The molecule has 3 heterocycles. The molecule has 1 N–H and O–H groups in total. The topological polar surface area (TPSA) is 33.1 Å². The number of hydrogen-bond acceptors (Lipinski definition) is 4. The van der Waals surface area contributed by atoms with Crippen LogP contribution in [0.2, 0.25) is 0 Å². The van der Waals surface area contributed by atoms with Crippen LogP contribution in [0, 0.1) is 6.92 Å². The van der Waals surface area contributed by atoms with E-state index in [2.05, 4.69) is 4.98 Å². The molecule has 0 fully saturated rings. The lowest BCUT2D eigenvalue weighted by atomic mass is 10.1. The quantitative estimate of drug-likeness (QED) is 0.485. The zero-order chi connectivity index (χ0) is 19.3. The smallest absolute Gasteiger partial charge is 0.425 e. The molecule has 0 aliphatic rings. The minimum Gasteiger partial charge on any atom is -0.505 e. The fraction of sp³-hybridized carbons (Fsp3) is 0.188. The van der Waals surface area contributed by atoms with Crippen LogP contribution in [0.4, 0.5) is 26.3 Å². The largest absolute Gasteiger partial charge is 0.505 e. The van der Waals surface area contributed by atoms with Crippen molar-refractivity contribution in [3.8, 4) is 26.9 Å². The molecule has 0 radical (unpaired) electrons. The number of aromatic nitrogens is 1. The normalized spacial score (nSPS) is 12.6. The molecular formula is C16H9F6NOS2. The lowest BCUT2D eigenvalue weighted by Crippen LogP contribution is -2.00. The van der Waals surface area contributed by atoms with Crippen molar-refractivity contribution in [2.24, 2.45) is 0 Å². The maximum Gasteiger partial charge on any atom is 0.425 e. The molecule has 0 saturated carbocycles. The minimum atomic E-state index is -4.53. The van der Waals surface area contributed by atoms with Gasteiger partial charge in [-0.1, -0.05) is 0 Å². The molecule has 3 aromatic heterocycles. The maximum absolute atomic E-state index is 12.8. The van der Waals surface area contributed by atoms with E-state index in [0.29, 0.717) is 28.2 Å². The first-order valence-corrected chi connectivity index (χ1v) is 8.65. The van der Waals surface area contributed by atoms with E-state index < -0.39 is 22.1 Å². The molecule has 3 aromatic rings. The van der Waals surface area contributed by atoms with Gasteiger partial charge in [-0.05, 0) is 42.8 Å². The Labute approximate surface area is 151 Å². The Kier molecular flexibility index (Phi) is 4.51. The molecule has 0 aliphatic heterocycles. The Morgan fingerprint density at radius 3 is 1.85 bits per heavy atom. The third-order valence-electron chi connectivity index (χ3n) is 3.44. The maximum atomic E-state index is 12.8. The Balaban J connectivity index is 2.08. The number of aromatic hydroxyl groups is 1. The molecule has 2 nitrogen and oxygen atoms in total. The van der Waals surface area contributed by atoms with Gasteiger partial charge in [0.25, 0.3) is 0 Å². The Morgan fingerprint density at radius 2 is 1.35 bits per heavy atom. The molecule has 0 aromatic carbocycles. The predicted octanol–water partition coefficient (Wildman–Crippen LogP) is 6.59. The van der Waals surface area contributed by atoms with Gasteiger partial charge < -0.3 is 5.11 Å². The van der Waals surface area contributed by atoms with Crippen molar-refractivity contribution in [2.75, 3.05) is 0 Å². The third kappa shape index (κ3) is 3.56. The molecule has 138 valence electrons. The summed E-state index contributed by atoms with van der Waals surface area (Å²) in [6.07, 6.45) is -9.02. The van der Waals surface area contributed by atoms with Crippen LogP contribution < -0.4 is 0 Å². The Hall–Kier alpha value is -2.07. The molecule has 26 heavy (non-hydrogen) atoms. The van der Waals surface area contributed by atoms with Gasteiger partial charge in [0.2, 0.25) is 0 Å². The summed E-state index contributed by atoms with van der Waals surface area (Å²) in [6.45, 7) is 1.50. The SMILES string of the molecule is Cc1cc(-c2ccc(C(F)(F)F)s2)nc(-c2ccc(C(F)(F)F)s2)c1O. The number of hydrogen-bond donors (Lipinski definition) is 1. The molecule has 0 amide bonds. The predicted molar refractivity (Wildman–Crippen MR) is 87.3 cm³/mol. The van der Waals surface area contributed by atoms with E-state index in [1.807, 2.05) is 0 Å². The molecule has 10 heteroatoms. The second-order valence-electron chi connectivity index (χ2n) is 5.34. The van der Waals surface area contributed by atoms with Gasteiger partial charge in [-0.25, -0.2) is 4.98 Å². The molecule has 0 unspecified atom stereocenters. The van der Waals surface area contributed by atoms with Crippen LogP contribution in [0.3, 0.4) is 0 Å². The highest BCUT2D eigenvalue weighted by Crippen LogP contribution is 2.43. The van der Waals surface area contributed by atoms with Crippen molar-refractivity contribution in [1.82, 2.24) is 4.98 Å². The number of halogens is 6. The van der Waals surface area contributed by atoms with Crippen LogP contribution in [0.25, 0.3) is 21.1 Å². The zero-order valence-electron chi connectivity index (χ0n) is 12.9. The second kappa shape index (κ2) is 6.27. The van der Waals surface area contributed by atoms with Crippen LogP contribution in [0.15, 0.2) is 30.3 Å². The average molecular weight is 409 g/mol. The average Bonchev–Trinajstić information content (AvgIpc) is 3.17. The molecule has 0 bridgehead atoms. The Bertz CT molecular complexity index is 955. The highest BCUT2D eigenvalue weighted by atomic mass is 32.1. The van der Waals surface area contributed by atoms with Crippen molar-refractivity contribution in [3.05, 3.63) is 45.6 Å². The van der Waals surface area contributed by atoms with Gasteiger partial charge in [-0.3, -0.25) is 0 Å². The molecule has 0 aliphatic carbocycles. The molecule has 0 saturated heterocycles. The molecule has 0 spiro atoms. The van der Waals surface area contributed by atoms with Crippen molar-refractivity contribution < 1.29 is 31.4 Å². The van der Waals surface area contributed by atoms with E-state index >= 15 is 0 Å². The summed E-state index contributed by atoms with van der Waals surface area (Å²) in [5, 5.41) is 10.2. The van der Waals surface area contributed by atoms with Crippen LogP contribution in [-0.2, 0) is 12.4 Å². The minimum absolute atomic E-state index is 0.0763. The van der Waals surface area contributed by atoms with Crippen molar-refractivity contribution in [3.63, 3.8) is 0 Å². The number of thiophene rings is 2. The summed E-state index contributed by atoms with van der Waals surface area (Å²) in [5.41, 5.74) is 0.356. The molecule has 3 rings (SSSR count). The van der Waals surface area contributed by atoms with Gasteiger partial charge in [0, 0.05) is 0 Å². The fourth-order valence-corrected chi connectivity index (χ4v) is 3.91. The van der Waals surface area contributed by atoms with Gasteiger partial charge in [0.15, 0.2) is 0 Å². The first-order valence-electron chi connectivity index (χ1n) is 7.02. The molecular weight excluding hydrogens is 400 g/mol. The second-order valence-corrected chi connectivity index (χ2v) is 7.51. The monoisotopic (exact) mass is 409 g/mol. The highest BCUT2D eigenvalue weighted by Gasteiger charge is 2.34. The van der Waals surface area contributed by atoms with Gasteiger partial charge in [-0.2, -0.15) is 26.3 Å². The number of alkyl halides is 6. The summed E-state index contributed by atoms with van der Waals surface area (Å²) < 4.78 is 76.6. The van der Waals surface area contributed by atoms with Crippen LogP contribution >= 0.6 is 22.7 Å². The van der Waals surface area contributed by atoms with Gasteiger partial charge >= 0.3 is 12.4 Å². The van der Waals surface area contributed by atoms with E-state index in [1.165, 1.54) is 25.1 Å². The van der Waals surface area contributed by atoms with Crippen molar-refractivity contribution in [2.45, 2.75) is 19.3 Å². The number of nitrogens with zero attached hydrogens (tertiary/aromatic N) is 1. The first kappa shape index (κ1) is 18.7. The van der Waals surface area contributed by atoms with Gasteiger partial charge in [0.1, 0.15) is 21.2 Å². The standard InChI is InChI=1S/C16H9F6NOS2/c1-7-6-8(9-2-4-11(25-9)15(17,18)19)23-13(14(7)24)10-3-5-12(26-10)16(20,21)22/h2-6,24H,1H3. The van der Waals surface area contributed by atoms with Crippen molar-refractivity contribution in [1.29, 1.82) is 0 Å². The summed E-state index contributed by atoms with van der Waals surface area (Å²) in [6, 6.07) is 5.59. The lowest BCUT2D eigenvalue weighted by molar-refractivity contribution is -0.135. The molecule has 0 atom stereocenters. The van der Waals surface area contributed by atoms with E-state index in [0.717, 1.165) is 12.1 Å². The number of pyridine rings is 1. The fourth-order valence-electron chi connectivity index (χ4n) is 2.21. The Morgan fingerprint density at radius 1 is 0.846 bits per heavy atom. The first-order chi connectivity index (χ1) is 12.0. The van der Waals surface area contributed by atoms with E-state index in [1.54, 1.807) is 0 Å². The summed E-state index contributed by atoms with van der Waals surface area (Å²) in [4.78, 5) is 2.72. The van der Waals surface area contributed by atoms with Gasteiger partial charge in [0.05, 0.1) is 15.4 Å². The zero-order valence-corrected chi connectivity index (χ0v) is 14.5.